The molecule has 0 unspecified atom stereocenters. The summed E-state index contributed by atoms with van der Waals surface area (Å²) in [4.78, 5) is 4.04. The van der Waals surface area contributed by atoms with Gasteiger partial charge in [0.15, 0.2) is 0 Å². The van der Waals surface area contributed by atoms with Crippen LogP contribution in [0.3, 0.4) is 0 Å². The van der Waals surface area contributed by atoms with E-state index in [0.717, 1.165) is 0 Å². The molecule has 2 rings (SSSR count). The van der Waals surface area contributed by atoms with Crippen LogP contribution >= 0.6 is 46.4 Å². The number of hydrogen-bond donors (Lipinski definition) is 0. The summed E-state index contributed by atoms with van der Waals surface area (Å²) in [6.07, 6.45) is 1.74. The molecule has 0 aliphatic heterocycles. The fraction of sp³-hybridized carbons (Fsp3) is 0.0769. The summed E-state index contributed by atoms with van der Waals surface area (Å²) < 4.78 is 0. The number of pyridine rings is 1. The molecule has 0 spiro atoms. The molecule has 1 aromatic carbocycles. The van der Waals surface area contributed by atoms with Crippen LogP contribution in [0.2, 0.25) is 20.2 Å². The van der Waals surface area contributed by atoms with Crippen molar-refractivity contribution in [2.24, 2.45) is 0 Å². The second-order valence-corrected chi connectivity index (χ2v) is 5.34. The van der Waals surface area contributed by atoms with E-state index in [-0.39, 0.29) is 6.42 Å². The van der Waals surface area contributed by atoms with E-state index >= 15 is 0 Å². The van der Waals surface area contributed by atoms with Gasteiger partial charge in [-0.2, -0.15) is 5.26 Å². The first kappa shape index (κ1) is 14.4. The highest BCUT2D eigenvalue weighted by Gasteiger charge is 2.11. The molecule has 2 aromatic rings. The molecule has 0 aliphatic rings. The Morgan fingerprint density at radius 2 is 1.84 bits per heavy atom. The van der Waals surface area contributed by atoms with E-state index < -0.39 is 0 Å². The van der Waals surface area contributed by atoms with Crippen LogP contribution in [-0.2, 0) is 6.42 Å². The van der Waals surface area contributed by atoms with E-state index in [2.05, 4.69) is 4.98 Å². The molecule has 2 nitrogen and oxygen atoms in total. The standard InChI is InChI=1S/C13H6Cl4N2/c14-9-4-10(12(16)11(15)5-9)8-3-7(1-2-18)13(17)19-6-8/h3-6H,1H2. The number of rotatable bonds is 2. The molecule has 96 valence electrons. The molecule has 0 saturated heterocycles. The molecule has 1 aromatic heterocycles. The van der Waals surface area contributed by atoms with Crippen molar-refractivity contribution in [3.63, 3.8) is 0 Å². The zero-order valence-corrected chi connectivity index (χ0v) is 12.4. The highest BCUT2D eigenvalue weighted by atomic mass is 35.5. The van der Waals surface area contributed by atoms with Crippen LogP contribution in [0.4, 0.5) is 0 Å². The van der Waals surface area contributed by atoms with Crippen molar-refractivity contribution in [1.82, 2.24) is 4.98 Å². The summed E-state index contributed by atoms with van der Waals surface area (Å²) in [5, 5.41) is 10.3. The predicted octanol–water partition coefficient (Wildman–Crippen LogP) is 5.43. The second kappa shape index (κ2) is 5.98. The number of nitrogens with zero attached hydrogens (tertiary/aromatic N) is 2. The quantitative estimate of drug-likeness (QED) is 0.543. The summed E-state index contributed by atoms with van der Waals surface area (Å²) in [6, 6.07) is 7.04. The van der Waals surface area contributed by atoms with Gasteiger partial charge in [0, 0.05) is 27.9 Å². The van der Waals surface area contributed by atoms with E-state index in [9.17, 15) is 0 Å². The topological polar surface area (TPSA) is 36.7 Å². The van der Waals surface area contributed by atoms with Gasteiger partial charge in [-0.3, -0.25) is 0 Å². The van der Waals surface area contributed by atoms with Crippen molar-refractivity contribution in [1.29, 1.82) is 5.26 Å². The van der Waals surface area contributed by atoms with Crippen molar-refractivity contribution in [2.45, 2.75) is 6.42 Å². The van der Waals surface area contributed by atoms with Gasteiger partial charge in [0.2, 0.25) is 0 Å². The Balaban J connectivity index is 2.60. The molecule has 0 saturated carbocycles. The largest absolute Gasteiger partial charge is 0.244 e. The van der Waals surface area contributed by atoms with Gasteiger partial charge in [0.1, 0.15) is 5.15 Å². The van der Waals surface area contributed by atoms with Gasteiger partial charge >= 0.3 is 0 Å². The zero-order valence-electron chi connectivity index (χ0n) is 9.42. The van der Waals surface area contributed by atoms with Gasteiger partial charge < -0.3 is 0 Å². The Kier molecular flexibility index (Phi) is 4.54. The third kappa shape index (κ3) is 3.13. The SMILES string of the molecule is N#CCc1cc(-c2cc(Cl)cc(Cl)c2Cl)cnc1Cl. The van der Waals surface area contributed by atoms with Crippen molar-refractivity contribution in [2.75, 3.05) is 0 Å². The maximum Gasteiger partial charge on any atom is 0.133 e. The molecule has 0 amide bonds. The smallest absolute Gasteiger partial charge is 0.133 e. The van der Waals surface area contributed by atoms with E-state index in [4.69, 9.17) is 51.7 Å². The van der Waals surface area contributed by atoms with E-state index in [1.807, 2.05) is 6.07 Å². The molecule has 0 bridgehead atoms. The number of aromatic nitrogens is 1. The Hall–Kier alpha value is -0.980. The maximum absolute atomic E-state index is 8.74. The van der Waals surface area contributed by atoms with Crippen molar-refractivity contribution in [3.8, 4) is 17.2 Å². The lowest BCUT2D eigenvalue weighted by Crippen LogP contribution is -1.90. The van der Waals surface area contributed by atoms with Crippen molar-refractivity contribution in [3.05, 3.63) is 50.2 Å². The van der Waals surface area contributed by atoms with Crippen LogP contribution in [0.15, 0.2) is 24.4 Å². The van der Waals surface area contributed by atoms with E-state index in [1.54, 1.807) is 24.4 Å². The molecular formula is C13H6Cl4N2. The first-order valence-electron chi connectivity index (χ1n) is 5.19. The summed E-state index contributed by atoms with van der Waals surface area (Å²) in [7, 11) is 0. The molecular weight excluding hydrogens is 326 g/mol. The first-order valence-corrected chi connectivity index (χ1v) is 6.70. The molecule has 0 N–H and O–H groups in total. The minimum atomic E-state index is 0.172. The van der Waals surface area contributed by atoms with Crippen LogP contribution in [0, 0.1) is 11.3 Å². The lowest BCUT2D eigenvalue weighted by Gasteiger charge is -2.08. The summed E-state index contributed by atoms with van der Waals surface area (Å²) in [5.41, 5.74) is 2.00. The summed E-state index contributed by atoms with van der Waals surface area (Å²) in [5.74, 6) is 0. The highest BCUT2D eigenvalue weighted by molar-refractivity contribution is 6.45. The van der Waals surface area contributed by atoms with Crippen LogP contribution in [0.1, 0.15) is 5.56 Å². The average Bonchev–Trinajstić information content (AvgIpc) is 2.37. The molecule has 0 aliphatic carbocycles. The fourth-order valence-corrected chi connectivity index (χ4v) is 2.50. The van der Waals surface area contributed by atoms with Gasteiger partial charge in [0.25, 0.3) is 0 Å². The van der Waals surface area contributed by atoms with Crippen LogP contribution in [0.25, 0.3) is 11.1 Å². The Morgan fingerprint density at radius 1 is 1.11 bits per heavy atom. The van der Waals surface area contributed by atoms with Gasteiger partial charge in [-0.25, -0.2) is 4.98 Å². The van der Waals surface area contributed by atoms with E-state index in [1.165, 1.54) is 0 Å². The zero-order chi connectivity index (χ0) is 14.0. The third-order valence-electron chi connectivity index (χ3n) is 2.49. The molecule has 0 radical (unpaired) electrons. The summed E-state index contributed by atoms with van der Waals surface area (Å²) in [6.45, 7) is 0. The molecule has 19 heavy (non-hydrogen) atoms. The average molecular weight is 332 g/mol. The molecule has 0 fully saturated rings. The number of hydrogen-bond acceptors (Lipinski definition) is 2. The van der Waals surface area contributed by atoms with Crippen LogP contribution < -0.4 is 0 Å². The molecule has 6 heteroatoms. The Morgan fingerprint density at radius 3 is 2.53 bits per heavy atom. The van der Waals surface area contributed by atoms with Crippen LogP contribution in [0.5, 0.6) is 0 Å². The van der Waals surface area contributed by atoms with Crippen molar-refractivity contribution >= 4 is 46.4 Å². The Labute approximate surface area is 130 Å². The Bertz CT molecular complexity index is 677. The highest BCUT2D eigenvalue weighted by Crippen LogP contribution is 2.37. The molecule has 1 heterocycles. The van der Waals surface area contributed by atoms with Crippen LogP contribution in [-0.4, -0.2) is 4.98 Å². The lowest BCUT2D eigenvalue weighted by atomic mass is 10.0. The first-order chi connectivity index (χ1) is 9.02. The van der Waals surface area contributed by atoms with Gasteiger partial charge in [-0.15, -0.1) is 0 Å². The van der Waals surface area contributed by atoms with E-state index in [0.29, 0.717) is 36.9 Å². The number of halogens is 4. The van der Waals surface area contributed by atoms with Gasteiger partial charge in [0.05, 0.1) is 22.5 Å². The monoisotopic (exact) mass is 330 g/mol. The third-order valence-corrected chi connectivity index (χ3v) is 3.85. The van der Waals surface area contributed by atoms with Crippen molar-refractivity contribution < 1.29 is 0 Å². The number of benzene rings is 1. The minimum Gasteiger partial charge on any atom is -0.244 e. The second-order valence-electron chi connectivity index (χ2n) is 3.76. The van der Waals surface area contributed by atoms with Gasteiger partial charge in [-0.1, -0.05) is 46.4 Å². The summed E-state index contributed by atoms with van der Waals surface area (Å²) >= 11 is 24.0. The predicted molar refractivity (Wildman–Crippen MR) is 79.0 cm³/mol. The molecule has 0 atom stereocenters. The fourth-order valence-electron chi connectivity index (χ4n) is 1.62. The maximum atomic E-state index is 8.74. The normalized spacial score (nSPS) is 10.3. The van der Waals surface area contributed by atoms with Gasteiger partial charge in [-0.05, 0) is 18.2 Å². The minimum absolute atomic E-state index is 0.172. The lowest BCUT2D eigenvalue weighted by molar-refractivity contribution is 1.19. The number of nitriles is 1.